The molecule has 6 heteroatoms. The summed E-state index contributed by atoms with van der Waals surface area (Å²) in [6.45, 7) is 0.814. The minimum absolute atomic E-state index is 0.387. The van der Waals surface area contributed by atoms with Crippen LogP contribution >= 0.6 is 0 Å². The molecule has 0 bridgehead atoms. The average molecular weight is 222 g/mol. The van der Waals surface area contributed by atoms with Gasteiger partial charge in [0, 0.05) is 6.54 Å². The zero-order valence-electron chi connectivity index (χ0n) is 8.85. The fourth-order valence-electron chi connectivity index (χ4n) is 1.65. The van der Waals surface area contributed by atoms with Gasteiger partial charge in [-0.15, -0.1) is 0 Å². The van der Waals surface area contributed by atoms with Crippen molar-refractivity contribution in [2.24, 2.45) is 5.92 Å². The van der Waals surface area contributed by atoms with Gasteiger partial charge in [-0.2, -0.15) is 0 Å². The zero-order chi connectivity index (χ0) is 11.4. The average Bonchev–Trinajstić information content (AvgIpc) is 3.04. The first kappa shape index (κ1) is 10.7. The third kappa shape index (κ3) is 2.39. The third-order valence-corrected chi connectivity index (χ3v) is 2.70. The van der Waals surface area contributed by atoms with Gasteiger partial charge in [-0.1, -0.05) is 12.8 Å². The Balaban J connectivity index is 2.07. The number of hydrogen-bond acceptors (Lipinski definition) is 3. The van der Waals surface area contributed by atoms with E-state index < -0.39 is 0 Å². The lowest BCUT2D eigenvalue weighted by molar-refractivity contribution is -0.106. The van der Waals surface area contributed by atoms with E-state index in [0.29, 0.717) is 24.5 Å². The Kier molecular flexibility index (Phi) is 3.19. The number of carbonyl (C=O) groups is 2. The summed E-state index contributed by atoms with van der Waals surface area (Å²) in [4.78, 5) is 24.8. The van der Waals surface area contributed by atoms with E-state index in [2.05, 4.69) is 15.6 Å². The Hall–Kier alpha value is -1.85. The van der Waals surface area contributed by atoms with Crippen LogP contribution in [0.5, 0.6) is 0 Å². The highest BCUT2D eigenvalue weighted by Crippen LogP contribution is 2.33. The highest BCUT2D eigenvalue weighted by atomic mass is 16.1. The summed E-state index contributed by atoms with van der Waals surface area (Å²) in [7, 11) is 0. The molecule has 1 heterocycles. The van der Waals surface area contributed by atoms with E-state index in [9.17, 15) is 9.59 Å². The lowest BCUT2D eigenvalue weighted by Crippen LogP contribution is -2.07. The molecule has 0 aliphatic heterocycles. The number of amides is 2. The quantitative estimate of drug-likeness (QED) is 0.670. The molecule has 1 fully saturated rings. The number of carbonyl (C=O) groups excluding carboxylic acids is 2. The van der Waals surface area contributed by atoms with Crippen LogP contribution < -0.4 is 10.6 Å². The molecule has 0 unspecified atom stereocenters. The molecular formula is C10H14N4O2. The van der Waals surface area contributed by atoms with E-state index in [1.54, 1.807) is 6.33 Å². The van der Waals surface area contributed by atoms with Crippen LogP contribution in [0.25, 0.3) is 0 Å². The second-order valence-electron chi connectivity index (χ2n) is 3.89. The molecule has 2 amide bonds. The molecule has 6 nitrogen and oxygen atoms in total. The topological polar surface area (TPSA) is 76.0 Å². The molecule has 2 N–H and O–H groups in total. The summed E-state index contributed by atoms with van der Waals surface area (Å²) in [5.41, 5.74) is 0. The van der Waals surface area contributed by atoms with Crippen LogP contribution in [0.4, 0.5) is 11.6 Å². The van der Waals surface area contributed by atoms with Crippen molar-refractivity contribution >= 4 is 24.5 Å². The van der Waals surface area contributed by atoms with Crippen LogP contribution in [0.1, 0.15) is 19.3 Å². The Labute approximate surface area is 93.0 Å². The van der Waals surface area contributed by atoms with Crippen molar-refractivity contribution in [3.63, 3.8) is 0 Å². The minimum Gasteiger partial charge on any atom is -0.315 e. The van der Waals surface area contributed by atoms with Crippen LogP contribution in [-0.4, -0.2) is 22.4 Å². The maximum Gasteiger partial charge on any atom is 0.212 e. The molecule has 0 radical (unpaired) electrons. The Morgan fingerprint density at radius 3 is 2.75 bits per heavy atom. The molecule has 2 rings (SSSR count). The Bertz CT molecular complexity index is 384. The van der Waals surface area contributed by atoms with Gasteiger partial charge in [0.1, 0.15) is 0 Å². The van der Waals surface area contributed by atoms with E-state index in [1.165, 1.54) is 12.8 Å². The standard InChI is InChI=1S/C10H14N4O2/c15-6-12-9-10(13-7-16)14(5-11-9)4-3-8-1-2-8/h5-8H,1-4H2,(H,12,15)(H,13,16). The minimum atomic E-state index is 0.387. The monoisotopic (exact) mass is 222 g/mol. The van der Waals surface area contributed by atoms with Crippen LogP contribution in [0.3, 0.4) is 0 Å². The van der Waals surface area contributed by atoms with Crippen LogP contribution in [0.2, 0.25) is 0 Å². The van der Waals surface area contributed by atoms with Crippen molar-refractivity contribution in [1.82, 2.24) is 9.55 Å². The van der Waals surface area contributed by atoms with Gasteiger partial charge in [0.2, 0.25) is 12.8 Å². The first-order valence-electron chi connectivity index (χ1n) is 5.30. The van der Waals surface area contributed by atoms with Gasteiger partial charge >= 0.3 is 0 Å². The largest absolute Gasteiger partial charge is 0.315 e. The van der Waals surface area contributed by atoms with Gasteiger partial charge < -0.3 is 15.2 Å². The smallest absolute Gasteiger partial charge is 0.212 e. The maximum absolute atomic E-state index is 10.5. The van der Waals surface area contributed by atoms with Crippen molar-refractivity contribution in [2.45, 2.75) is 25.8 Å². The first-order chi connectivity index (χ1) is 7.85. The van der Waals surface area contributed by atoms with Crippen LogP contribution in [0.15, 0.2) is 6.33 Å². The molecule has 1 saturated carbocycles. The highest BCUT2D eigenvalue weighted by Gasteiger charge is 2.21. The summed E-state index contributed by atoms with van der Waals surface area (Å²) in [6, 6.07) is 0. The predicted octanol–water partition coefficient (Wildman–Crippen LogP) is 0.820. The molecule has 0 atom stereocenters. The summed E-state index contributed by atoms with van der Waals surface area (Å²) in [6.07, 6.45) is 6.43. The van der Waals surface area contributed by atoms with Crippen molar-refractivity contribution in [2.75, 3.05) is 10.6 Å². The normalized spacial score (nSPS) is 14.5. The number of aryl methyl sites for hydroxylation is 1. The lowest BCUT2D eigenvalue weighted by Gasteiger charge is -2.07. The summed E-state index contributed by atoms with van der Waals surface area (Å²) in [5.74, 6) is 1.75. The summed E-state index contributed by atoms with van der Waals surface area (Å²) < 4.78 is 1.85. The second kappa shape index (κ2) is 4.78. The molecule has 86 valence electrons. The number of anilines is 2. The van der Waals surface area contributed by atoms with Gasteiger partial charge in [-0.25, -0.2) is 4.98 Å². The number of nitrogens with one attached hydrogen (secondary N) is 2. The lowest BCUT2D eigenvalue weighted by atomic mass is 10.3. The van der Waals surface area contributed by atoms with Gasteiger partial charge in [-0.3, -0.25) is 9.59 Å². The molecule has 1 aliphatic rings. The zero-order valence-corrected chi connectivity index (χ0v) is 8.85. The van der Waals surface area contributed by atoms with Gasteiger partial charge in [0.15, 0.2) is 11.6 Å². The fourth-order valence-corrected chi connectivity index (χ4v) is 1.65. The van der Waals surface area contributed by atoms with Crippen LogP contribution in [0, 0.1) is 5.92 Å². The predicted molar refractivity (Wildman–Crippen MR) is 58.9 cm³/mol. The van der Waals surface area contributed by atoms with E-state index in [0.717, 1.165) is 18.9 Å². The van der Waals surface area contributed by atoms with Gasteiger partial charge in [0.25, 0.3) is 0 Å². The van der Waals surface area contributed by atoms with Crippen molar-refractivity contribution in [3.8, 4) is 0 Å². The molecule has 1 aliphatic carbocycles. The van der Waals surface area contributed by atoms with Crippen molar-refractivity contribution in [1.29, 1.82) is 0 Å². The first-order valence-corrected chi connectivity index (χ1v) is 5.30. The fraction of sp³-hybridized carbons (Fsp3) is 0.500. The molecule has 0 saturated heterocycles. The number of imidazole rings is 1. The summed E-state index contributed by atoms with van der Waals surface area (Å²) >= 11 is 0. The van der Waals surface area contributed by atoms with E-state index in [1.807, 2.05) is 4.57 Å². The molecule has 0 aromatic carbocycles. The van der Waals surface area contributed by atoms with Crippen LogP contribution in [-0.2, 0) is 16.1 Å². The molecular weight excluding hydrogens is 208 g/mol. The van der Waals surface area contributed by atoms with Crippen molar-refractivity contribution in [3.05, 3.63) is 6.33 Å². The highest BCUT2D eigenvalue weighted by molar-refractivity contribution is 5.82. The summed E-state index contributed by atoms with van der Waals surface area (Å²) in [5, 5.41) is 5.00. The molecule has 0 spiro atoms. The second-order valence-corrected chi connectivity index (χ2v) is 3.89. The third-order valence-electron chi connectivity index (χ3n) is 2.70. The van der Waals surface area contributed by atoms with Gasteiger partial charge in [0.05, 0.1) is 6.33 Å². The van der Waals surface area contributed by atoms with Gasteiger partial charge in [-0.05, 0) is 12.3 Å². The molecule has 1 aromatic rings. The SMILES string of the molecule is O=CNc1ncn(CCC2CC2)c1NC=O. The Morgan fingerprint density at radius 2 is 2.12 bits per heavy atom. The maximum atomic E-state index is 10.5. The molecule has 16 heavy (non-hydrogen) atoms. The number of rotatable bonds is 7. The Morgan fingerprint density at radius 1 is 1.38 bits per heavy atom. The van der Waals surface area contributed by atoms with Crippen molar-refractivity contribution < 1.29 is 9.59 Å². The molecule has 1 aromatic heterocycles. The van der Waals surface area contributed by atoms with E-state index in [-0.39, 0.29) is 0 Å². The van der Waals surface area contributed by atoms with E-state index >= 15 is 0 Å². The number of aromatic nitrogens is 2. The number of nitrogens with zero attached hydrogens (tertiary/aromatic N) is 2. The van der Waals surface area contributed by atoms with E-state index in [4.69, 9.17) is 0 Å². The number of hydrogen-bond donors (Lipinski definition) is 2.